The molecule has 2 aromatic rings. The Hall–Kier alpha value is -2.57. The maximum atomic E-state index is 6.26. The van der Waals surface area contributed by atoms with E-state index >= 15 is 0 Å². The molecule has 1 heterocycles. The van der Waals surface area contributed by atoms with Crippen LogP contribution in [0.15, 0.2) is 64.6 Å². The Morgan fingerprint density at radius 1 is 1.04 bits per heavy atom. The number of morpholine rings is 1. The van der Waals surface area contributed by atoms with Crippen molar-refractivity contribution in [3.63, 3.8) is 0 Å². The molecule has 0 unspecified atom stereocenters. The van der Waals surface area contributed by atoms with Gasteiger partial charge in [-0.2, -0.15) is 4.99 Å². The number of nitrogens with two attached hydrogens (primary N) is 1. The highest BCUT2D eigenvalue weighted by Crippen LogP contribution is 2.18. The SMILES string of the molecule is COc1ccccc1/C(N)=N/C(=Nc1ccccc1)N1CCOCC1.Cl. The summed E-state index contributed by atoms with van der Waals surface area (Å²) in [5, 5.41) is 0. The van der Waals surface area contributed by atoms with Gasteiger partial charge in [-0.3, -0.25) is 0 Å². The van der Waals surface area contributed by atoms with Crippen LogP contribution < -0.4 is 10.5 Å². The monoisotopic (exact) mass is 374 g/mol. The van der Waals surface area contributed by atoms with Crippen molar-refractivity contribution in [2.45, 2.75) is 0 Å². The second-order valence-corrected chi connectivity index (χ2v) is 5.54. The minimum atomic E-state index is 0. The summed E-state index contributed by atoms with van der Waals surface area (Å²) >= 11 is 0. The van der Waals surface area contributed by atoms with Gasteiger partial charge < -0.3 is 20.1 Å². The van der Waals surface area contributed by atoms with E-state index in [1.54, 1.807) is 7.11 Å². The van der Waals surface area contributed by atoms with E-state index in [1.807, 2.05) is 54.6 Å². The zero-order chi connectivity index (χ0) is 17.5. The third kappa shape index (κ3) is 4.97. The molecule has 26 heavy (non-hydrogen) atoms. The first-order valence-electron chi connectivity index (χ1n) is 8.22. The van der Waals surface area contributed by atoms with Crippen LogP contribution in [0.2, 0.25) is 0 Å². The molecule has 0 saturated carbocycles. The highest BCUT2D eigenvalue weighted by atomic mass is 35.5. The number of methoxy groups -OCH3 is 1. The van der Waals surface area contributed by atoms with Gasteiger partial charge in [-0.15, -0.1) is 12.4 Å². The van der Waals surface area contributed by atoms with Gasteiger partial charge in [-0.25, -0.2) is 4.99 Å². The van der Waals surface area contributed by atoms with E-state index in [0.29, 0.717) is 30.8 Å². The lowest BCUT2D eigenvalue weighted by Crippen LogP contribution is -2.40. The van der Waals surface area contributed by atoms with Gasteiger partial charge in [0.05, 0.1) is 31.6 Å². The molecule has 0 aliphatic carbocycles. The normalized spacial score (nSPS) is 15.3. The summed E-state index contributed by atoms with van der Waals surface area (Å²) in [7, 11) is 1.62. The molecule has 6 nitrogen and oxygen atoms in total. The molecule has 1 fully saturated rings. The van der Waals surface area contributed by atoms with Crippen LogP contribution in [0.3, 0.4) is 0 Å². The maximum Gasteiger partial charge on any atom is 0.228 e. The van der Waals surface area contributed by atoms with Gasteiger partial charge in [0.1, 0.15) is 11.6 Å². The molecule has 0 aromatic heterocycles. The van der Waals surface area contributed by atoms with E-state index in [0.717, 1.165) is 24.3 Å². The number of halogens is 1. The van der Waals surface area contributed by atoms with E-state index in [2.05, 4.69) is 14.9 Å². The number of hydrogen-bond acceptors (Lipinski definition) is 3. The Bertz CT molecular complexity index is 759. The quantitative estimate of drug-likeness (QED) is 0.662. The van der Waals surface area contributed by atoms with Crippen molar-refractivity contribution in [2.24, 2.45) is 15.7 Å². The predicted molar refractivity (Wildman–Crippen MR) is 107 cm³/mol. The molecule has 0 bridgehead atoms. The molecule has 1 aliphatic heterocycles. The van der Waals surface area contributed by atoms with Gasteiger partial charge in [0, 0.05) is 13.1 Å². The molecule has 0 atom stereocenters. The lowest BCUT2D eigenvalue weighted by molar-refractivity contribution is 0.0676. The highest BCUT2D eigenvalue weighted by molar-refractivity contribution is 6.06. The van der Waals surface area contributed by atoms with Gasteiger partial charge in [-0.1, -0.05) is 30.3 Å². The summed E-state index contributed by atoms with van der Waals surface area (Å²) in [4.78, 5) is 11.4. The Morgan fingerprint density at radius 2 is 1.69 bits per heavy atom. The van der Waals surface area contributed by atoms with Crippen LogP contribution in [0.4, 0.5) is 5.69 Å². The van der Waals surface area contributed by atoms with Crippen LogP contribution in [0, 0.1) is 0 Å². The lowest BCUT2D eigenvalue weighted by atomic mass is 10.2. The Kier molecular flexibility index (Phi) is 7.44. The molecule has 0 radical (unpaired) electrons. The van der Waals surface area contributed by atoms with E-state index < -0.39 is 0 Å². The third-order valence-corrected chi connectivity index (χ3v) is 3.88. The van der Waals surface area contributed by atoms with Crippen LogP contribution in [0.1, 0.15) is 5.56 Å². The number of rotatable bonds is 3. The summed E-state index contributed by atoms with van der Waals surface area (Å²) in [6.45, 7) is 2.76. The molecule has 3 rings (SSSR count). The molecule has 0 amide bonds. The fourth-order valence-electron chi connectivity index (χ4n) is 2.57. The Labute approximate surface area is 159 Å². The molecule has 2 N–H and O–H groups in total. The fourth-order valence-corrected chi connectivity index (χ4v) is 2.57. The largest absolute Gasteiger partial charge is 0.496 e. The molecule has 7 heteroatoms. The fraction of sp³-hybridized carbons (Fsp3) is 0.263. The van der Waals surface area contributed by atoms with E-state index in [1.165, 1.54) is 0 Å². The summed E-state index contributed by atoms with van der Waals surface area (Å²) in [6.07, 6.45) is 0. The molecule has 1 aliphatic rings. The van der Waals surface area contributed by atoms with Crippen molar-refractivity contribution in [3.05, 3.63) is 60.2 Å². The number of nitrogens with zero attached hydrogens (tertiary/aromatic N) is 3. The highest BCUT2D eigenvalue weighted by Gasteiger charge is 2.16. The van der Waals surface area contributed by atoms with Gasteiger partial charge >= 0.3 is 0 Å². The molecular weight excluding hydrogens is 352 g/mol. The molecule has 2 aromatic carbocycles. The first kappa shape index (κ1) is 19.8. The van der Waals surface area contributed by atoms with Crippen LogP contribution in [0.25, 0.3) is 0 Å². The summed E-state index contributed by atoms with van der Waals surface area (Å²) in [6, 6.07) is 17.3. The van der Waals surface area contributed by atoms with Crippen LogP contribution >= 0.6 is 12.4 Å². The van der Waals surface area contributed by atoms with Gasteiger partial charge in [0.2, 0.25) is 5.96 Å². The van der Waals surface area contributed by atoms with Crippen molar-refractivity contribution in [3.8, 4) is 5.75 Å². The molecule has 1 saturated heterocycles. The average Bonchev–Trinajstić information content (AvgIpc) is 2.69. The van der Waals surface area contributed by atoms with Crippen molar-refractivity contribution in [1.29, 1.82) is 0 Å². The smallest absolute Gasteiger partial charge is 0.228 e. The van der Waals surface area contributed by atoms with E-state index in [-0.39, 0.29) is 12.4 Å². The number of hydrogen-bond donors (Lipinski definition) is 1. The van der Waals surface area contributed by atoms with E-state index in [9.17, 15) is 0 Å². The second kappa shape index (κ2) is 9.79. The predicted octanol–water partition coefficient (Wildman–Crippen LogP) is 2.84. The molecular formula is C19H23ClN4O2. The molecule has 0 spiro atoms. The Balaban J connectivity index is 0.00000243. The number of para-hydroxylation sites is 2. The molecule has 138 valence electrons. The van der Waals surface area contributed by atoms with E-state index in [4.69, 9.17) is 15.2 Å². The third-order valence-electron chi connectivity index (χ3n) is 3.88. The van der Waals surface area contributed by atoms with Gasteiger partial charge in [0.25, 0.3) is 0 Å². The Morgan fingerprint density at radius 3 is 2.38 bits per heavy atom. The number of aliphatic imine (C=N–C) groups is 2. The second-order valence-electron chi connectivity index (χ2n) is 5.54. The first-order chi connectivity index (χ1) is 12.3. The number of ether oxygens (including phenoxy) is 2. The van der Waals surface area contributed by atoms with Crippen LogP contribution in [-0.4, -0.2) is 50.1 Å². The zero-order valence-electron chi connectivity index (χ0n) is 14.7. The minimum Gasteiger partial charge on any atom is -0.496 e. The van der Waals surface area contributed by atoms with Crippen LogP contribution in [-0.2, 0) is 4.74 Å². The summed E-state index contributed by atoms with van der Waals surface area (Å²) < 4.78 is 10.8. The standard InChI is InChI=1S/C19H22N4O2.ClH/c1-24-17-10-6-5-9-16(17)18(20)22-19(23-11-13-25-14-12-23)21-15-7-3-2-4-8-15;/h2-10H,11-14H2,1H3,(H2,20,21,22);1H. The number of amidine groups is 1. The lowest BCUT2D eigenvalue weighted by Gasteiger charge is -2.27. The summed E-state index contributed by atoms with van der Waals surface area (Å²) in [5.74, 6) is 1.64. The van der Waals surface area contributed by atoms with Crippen molar-refractivity contribution in [1.82, 2.24) is 4.90 Å². The van der Waals surface area contributed by atoms with Crippen molar-refractivity contribution >= 4 is 29.9 Å². The average molecular weight is 375 g/mol. The number of benzene rings is 2. The van der Waals surface area contributed by atoms with Gasteiger partial charge in [-0.05, 0) is 24.3 Å². The minimum absolute atomic E-state index is 0. The van der Waals surface area contributed by atoms with Crippen molar-refractivity contribution in [2.75, 3.05) is 33.4 Å². The van der Waals surface area contributed by atoms with Gasteiger partial charge in [0.15, 0.2) is 0 Å². The maximum absolute atomic E-state index is 6.26. The zero-order valence-corrected chi connectivity index (χ0v) is 15.5. The van der Waals surface area contributed by atoms with Crippen LogP contribution in [0.5, 0.6) is 5.75 Å². The number of guanidine groups is 1. The first-order valence-corrected chi connectivity index (χ1v) is 8.22. The topological polar surface area (TPSA) is 72.4 Å². The van der Waals surface area contributed by atoms with Crippen molar-refractivity contribution < 1.29 is 9.47 Å². The summed E-state index contributed by atoms with van der Waals surface area (Å²) in [5.41, 5.74) is 7.85.